The highest BCUT2D eigenvalue weighted by Gasteiger charge is 2.12. The molecule has 0 saturated carbocycles. The van der Waals surface area contributed by atoms with E-state index in [-0.39, 0.29) is 5.56 Å². The number of rotatable bonds is 2. The third-order valence-corrected chi connectivity index (χ3v) is 5.68. The van der Waals surface area contributed by atoms with Crippen LogP contribution in [-0.2, 0) is 0 Å². The lowest BCUT2D eigenvalue weighted by atomic mass is 10.0. The van der Waals surface area contributed by atoms with Gasteiger partial charge in [-0.2, -0.15) is 5.26 Å². The van der Waals surface area contributed by atoms with E-state index in [1.165, 1.54) is 5.56 Å². The van der Waals surface area contributed by atoms with Gasteiger partial charge in [0.2, 0.25) is 0 Å². The van der Waals surface area contributed by atoms with Crippen LogP contribution >= 0.6 is 0 Å². The van der Waals surface area contributed by atoms with Crippen LogP contribution in [0.25, 0.3) is 38.6 Å². The summed E-state index contributed by atoms with van der Waals surface area (Å²) in [7, 11) is 0. The Labute approximate surface area is 178 Å². The number of nitrogens with zero attached hydrogens (tertiary/aromatic N) is 4. The largest absolute Gasteiger partial charge is 0.276 e. The van der Waals surface area contributed by atoms with Gasteiger partial charge in [-0.15, -0.1) is 0 Å². The second kappa shape index (κ2) is 7.19. The fourth-order valence-corrected chi connectivity index (χ4v) is 3.84. The molecule has 0 fully saturated rings. The lowest BCUT2D eigenvalue weighted by Gasteiger charge is -2.14. The molecule has 3 heterocycles. The maximum atomic E-state index is 13.0. The van der Waals surface area contributed by atoms with E-state index in [9.17, 15) is 4.79 Å². The molecule has 5 rings (SSSR count). The zero-order valence-electron chi connectivity index (χ0n) is 17.1. The van der Waals surface area contributed by atoms with E-state index < -0.39 is 0 Å². The normalized spacial score (nSPS) is 11.0. The number of hydrogen-bond acceptors (Lipinski definition) is 4. The summed E-state index contributed by atoms with van der Waals surface area (Å²) in [5.41, 5.74) is 6.90. The third kappa shape index (κ3) is 3.15. The number of aryl methyl sites for hydroxylation is 2. The first-order valence-electron chi connectivity index (χ1n) is 9.94. The molecule has 5 aromatic rings. The molecular formula is C26H18N4O. The van der Waals surface area contributed by atoms with Crippen LogP contribution in [0.5, 0.6) is 0 Å². The molecule has 0 aliphatic heterocycles. The zero-order chi connectivity index (χ0) is 21.5. The summed E-state index contributed by atoms with van der Waals surface area (Å²) in [4.78, 5) is 21.8. The highest BCUT2D eigenvalue weighted by atomic mass is 16.1. The predicted molar refractivity (Wildman–Crippen MR) is 122 cm³/mol. The lowest BCUT2D eigenvalue weighted by Crippen LogP contribution is -2.18. The van der Waals surface area contributed by atoms with Crippen molar-refractivity contribution < 1.29 is 0 Å². The van der Waals surface area contributed by atoms with Gasteiger partial charge in [0.15, 0.2) is 0 Å². The molecule has 0 N–H and O–H groups in total. The van der Waals surface area contributed by atoms with Crippen LogP contribution in [0, 0.1) is 25.2 Å². The van der Waals surface area contributed by atoms with E-state index >= 15 is 0 Å². The summed E-state index contributed by atoms with van der Waals surface area (Å²) in [6, 6.07) is 21.0. The molecule has 0 saturated heterocycles. The van der Waals surface area contributed by atoms with Crippen LogP contribution in [0.4, 0.5) is 0 Å². The molecule has 2 aromatic carbocycles. The molecule has 148 valence electrons. The van der Waals surface area contributed by atoms with Gasteiger partial charge in [0.25, 0.3) is 5.56 Å². The Kier molecular flexibility index (Phi) is 4.34. The van der Waals surface area contributed by atoms with Crippen LogP contribution < -0.4 is 5.56 Å². The monoisotopic (exact) mass is 402 g/mol. The Morgan fingerprint density at radius 3 is 2.42 bits per heavy atom. The van der Waals surface area contributed by atoms with E-state index in [1.807, 2.05) is 61.5 Å². The van der Waals surface area contributed by atoms with Crippen molar-refractivity contribution in [3.8, 4) is 22.9 Å². The van der Waals surface area contributed by atoms with Crippen molar-refractivity contribution in [1.82, 2.24) is 14.5 Å². The Morgan fingerprint density at radius 1 is 0.839 bits per heavy atom. The van der Waals surface area contributed by atoms with Crippen molar-refractivity contribution >= 4 is 21.8 Å². The summed E-state index contributed by atoms with van der Waals surface area (Å²) in [5, 5.41) is 10.8. The van der Waals surface area contributed by atoms with Crippen molar-refractivity contribution in [3.05, 3.63) is 100 Å². The van der Waals surface area contributed by atoms with Crippen LogP contribution in [0.3, 0.4) is 0 Å². The van der Waals surface area contributed by atoms with E-state index in [0.29, 0.717) is 5.69 Å². The van der Waals surface area contributed by atoms with Crippen LogP contribution in [0.15, 0.2) is 77.9 Å². The molecule has 0 unspecified atom stereocenters. The van der Waals surface area contributed by atoms with E-state index in [2.05, 4.69) is 16.9 Å². The third-order valence-electron chi connectivity index (χ3n) is 5.68. The average Bonchev–Trinajstić information content (AvgIpc) is 2.80. The van der Waals surface area contributed by atoms with Gasteiger partial charge in [-0.3, -0.25) is 14.3 Å². The second-order valence-electron chi connectivity index (χ2n) is 7.61. The second-order valence-corrected chi connectivity index (χ2v) is 7.61. The molecule has 31 heavy (non-hydrogen) atoms. The summed E-state index contributed by atoms with van der Waals surface area (Å²) in [6.45, 7) is 4.10. The van der Waals surface area contributed by atoms with Crippen LogP contribution in [0.2, 0.25) is 0 Å². The molecular weight excluding hydrogens is 384 g/mol. The van der Waals surface area contributed by atoms with Crippen molar-refractivity contribution in [3.63, 3.8) is 0 Å². The molecule has 0 amide bonds. The molecule has 0 radical (unpaired) electrons. The average molecular weight is 402 g/mol. The minimum absolute atomic E-state index is 0.0892. The van der Waals surface area contributed by atoms with Crippen molar-refractivity contribution in [1.29, 1.82) is 5.26 Å². The minimum Gasteiger partial charge on any atom is -0.276 e. The minimum atomic E-state index is -0.0892. The van der Waals surface area contributed by atoms with Gasteiger partial charge < -0.3 is 0 Å². The first kappa shape index (κ1) is 18.7. The maximum Gasteiger partial charge on any atom is 0.255 e. The number of hydrogen-bond donors (Lipinski definition) is 0. The first-order chi connectivity index (χ1) is 15.0. The number of fused-ring (bicyclic) bond motifs is 3. The fourth-order valence-electron chi connectivity index (χ4n) is 3.84. The summed E-state index contributed by atoms with van der Waals surface area (Å²) in [5.74, 6) is 0. The molecule has 0 spiro atoms. The molecule has 0 aliphatic rings. The number of nitriles is 1. The van der Waals surface area contributed by atoms with E-state index in [4.69, 9.17) is 5.26 Å². The van der Waals surface area contributed by atoms with Crippen molar-refractivity contribution in [2.24, 2.45) is 0 Å². The van der Waals surface area contributed by atoms with Gasteiger partial charge in [-0.1, -0.05) is 12.1 Å². The molecule has 3 aromatic heterocycles. The summed E-state index contributed by atoms with van der Waals surface area (Å²) in [6.07, 6.45) is 3.49. The highest BCUT2D eigenvalue weighted by Crippen LogP contribution is 2.29. The number of benzene rings is 2. The zero-order valence-corrected chi connectivity index (χ0v) is 17.1. The van der Waals surface area contributed by atoms with Crippen LogP contribution in [0.1, 0.15) is 16.8 Å². The van der Waals surface area contributed by atoms with Gasteiger partial charge in [-0.05, 0) is 73.0 Å². The molecule has 5 heteroatoms. The topological polar surface area (TPSA) is 71.6 Å². The smallest absolute Gasteiger partial charge is 0.255 e. The Hall–Kier alpha value is -4.30. The maximum absolute atomic E-state index is 13.0. The lowest BCUT2D eigenvalue weighted by molar-refractivity contribution is 1.04. The van der Waals surface area contributed by atoms with Crippen molar-refractivity contribution in [2.45, 2.75) is 13.8 Å². The first-order valence-corrected chi connectivity index (χ1v) is 9.94. The molecule has 5 nitrogen and oxygen atoms in total. The van der Waals surface area contributed by atoms with Gasteiger partial charge in [0.05, 0.1) is 11.0 Å². The number of pyridine rings is 3. The van der Waals surface area contributed by atoms with E-state index in [0.717, 1.165) is 44.2 Å². The Bertz CT molecular complexity index is 1570. The van der Waals surface area contributed by atoms with Gasteiger partial charge >= 0.3 is 0 Å². The van der Waals surface area contributed by atoms with E-state index in [1.54, 1.807) is 29.1 Å². The summed E-state index contributed by atoms with van der Waals surface area (Å²) >= 11 is 0. The van der Waals surface area contributed by atoms with Gasteiger partial charge in [0.1, 0.15) is 11.8 Å². The van der Waals surface area contributed by atoms with Crippen molar-refractivity contribution in [2.75, 3.05) is 0 Å². The van der Waals surface area contributed by atoms with Gasteiger partial charge in [0, 0.05) is 40.5 Å². The molecule has 0 atom stereocenters. The SMILES string of the molecule is Cc1ccc(-n2c(=O)ccc3cnc4ccc(-c5ccc(C#N)nc5)cc4c32)cc1C. The van der Waals surface area contributed by atoms with Gasteiger partial charge in [-0.25, -0.2) is 4.98 Å². The quantitative estimate of drug-likeness (QED) is 0.386. The summed E-state index contributed by atoms with van der Waals surface area (Å²) < 4.78 is 1.76. The predicted octanol–water partition coefficient (Wildman–Crippen LogP) is 5.09. The van der Waals surface area contributed by atoms with Crippen LogP contribution in [-0.4, -0.2) is 14.5 Å². The fraction of sp³-hybridized carbons (Fsp3) is 0.0769. The Balaban J connectivity index is 1.84. The molecule has 0 bridgehead atoms. The standard InChI is InChI=1S/C26H18N4O/c1-16-3-8-22(11-17(16)2)30-25(31)10-6-20-15-29-24-9-5-18(12-23(24)26(20)30)19-4-7-21(13-27)28-14-19/h3-12,14-15H,1-2H3. The molecule has 0 aliphatic carbocycles. The highest BCUT2D eigenvalue weighted by molar-refractivity contribution is 6.05. The number of aromatic nitrogens is 3. The Morgan fingerprint density at radius 2 is 1.68 bits per heavy atom.